The predicted octanol–water partition coefficient (Wildman–Crippen LogP) is 3.31. The minimum atomic E-state index is 0.678. The van der Waals surface area contributed by atoms with Gasteiger partial charge in [0.25, 0.3) is 0 Å². The second-order valence-corrected chi connectivity index (χ2v) is 5.12. The molecule has 4 nitrogen and oxygen atoms in total. The van der Waals surface area contributed by atoms with Crippen molar-refractivity contribution in [2.45, 2.75) is 6.54 Å². The molecule has 2 aromatic heterocycles. The first-order chi connectivity index (χ1) is 10.2. The molecule has 1 aromatic carbocycles. The smallest absolute Gasteiger partial charge is 0.151 e. The van der Waals surface area contributed by atoms with Crippen molar-refractivity contribution in [3.63, 3.8) is 0 Å². The molecule has 3 rings (SSSR count). The van der Waals surface area contributed by atoms with Gasteiger partial charge in [-0.05, 0) is 24.3 Å². The number of para-hydroxylation sites is 1. The number of anilines is 2. The summed E-state index contributed by atoms with van der Waals surface area (Å²) in [7, 11) is 3.98. The van der Waals surface area contributed by atoms with Gasteiger partial charge in [-0.3, -0.25) is 4.98 Å². The molecular formula is C17H18N4. The molecule has 0 aliphatic rings. The quantitative estimate of drug-likeness (QED) is 0.795. The molecule has 0 atom stereocenters. The number of fused-ring (bicyclic) bond motifs is 1. The molecule has 0 spiro atoms. The van der Waals surface area contributed by atoms with E-state index in [1.165, 1.54) is 0 Å². The lowest BCUT2D eigenvalue weighted by Crippen LogP contribution is -2.14. The number of nitrogens with zero attached hydrogens (tertiary/aromatic N) is 3. The van der Waals surface area contributed by atoms with E-state index < -0.39 is 0 Å². The van der Waals surface area contributed by atoms with E-state index in [9.17, 15) is 0 Å². The van der Waals surface area contributed by atoms with Gasteiger partial charge < -0.3 is 10.2 Å². The first-order valence-electron chi connectivity index (χ1n) is 6.95. The summed E-state index contributed by atoms with van der Waals surface area (Å²) in [4.78, 5) is 11.0. The fraction of sp³-hybridized carbons (Fsp3) is 0.176. The lowest BCUT2D eigenvalue weighted by atomic mass is 10.2. The molecule has 0 amide bonds. The van der Waals surface area contributed by atoms with Crippen LogP contribution in [0.25, 0.3) is 10.9 Å². The molecule has 0 saturated carbocycles. The van der Waals surface area contributed by atoms with E-state index in [1.54, 1.807) is 6.20 Å². The Morgan fingerprint density at radius 2 is 1.86 bits per heavy atom. The van der Waals surface area contributed by atoms with Crippen molar-refractivity contribution in [3.05, 3.63) is 60.4 Å². The Morgan fingerprint density at radius 1 is 1.00 bits per heavy atom. The second-order valence-electron chi connectivity index (χ2n) is 5.12. The minimum Gasteiger partial charge on any atom is -0.376 e. The Labute approximate surface area is 124 Å². The summed E-state index contributed by atoms with van der Waals surface area (Å²) in [5.41, 5.74) is 3.05. The van der Waals surface area contributed by atoms with Crippen molar-refractivity contribution in [1.82, 2.24) is 9.97 Å². The zero-order chi connectivity index (χ0) is 14.7. The van der Waals surface area contributed by atoms with Gasteiger partial charge in [0.15, 0.2) is 5.82 Å². The molecule has 0 radical (unpaired) electrons. The maximum atomic E-state index is 4.67. The van der Waals surface area contributed by atoms with Crippen molar-refractivity contribution < 1.29 is 0 Å². The van der Waals surface area contributed by atoms with Crippen LogP contribution in [0, 0.1) is 0 Å². The average molecular weight is 278 g/mol. The molecule has 0 bridgehead atoms. The summed E-state index contributed by atoms with van der Waals surface area (Å²) in [6, 6.07) is 16.3. The standard InChI is InChI=1S/C17H18N4/c1-21(2)17-16(8-5-11-18-17)19-12-14-10-9-13-6-3-4-7-15(13)20-14/h3-11,19H,12H2,1-2H3. The van der Waals surface area contributed by atoms with Gasteiger partial charge in [0.05, 0.1) is 23.4 Å². The van der Waals surface area contributed by atoms with Crippen molar-refractivity contribution in [1.29, 1.82) is 0 Å². The molecule has 3 aromatic rings. The number of benzene rings is 1. The number of pyridine rings is 2. The van der Waals surface area contributed by atoms with Gasteiger partial charge in [-0.25, -0.2) is 4.98 Å². The highest BCUT2D eigenvalue weighted by molar-refractivity contribution is 5.78. The van der Waals surface area contributed by atoms with E-state index in [-0.39, 0.29) is 0 Å². The lowest BCUT2D eigenvalue weighted by Gasteiger charge is -2.16. The topological polar surface area (TPSA) is 41.1 Å². The van der Waals surface area contributed by atoms with Crippen LogP contribution in [-0.2, 0) is 6.54 Å². The molecule has 1 N–H and O–H groups in total. The largest absolute Gasteiger partial charge is 0.376 e. The van der Waals surface area contributed by atoms with Crippen LogP contribution in [0.2, 0.25) is 0 Å². The molecule has 0 aliphatic heterocycles. The number of rotatable bonds is 4. The van der Waals surface area contributed by atoms with Gasteiger partial charge >= 0.3 is 0 Å². The first kappa shape index (κ1) is 13.4. The molecule has 0 unspecified atom stereocenters. The highest BCUT2D eigenvalue weighted by atomic mass is 15.2. The maximum Gasteiger partial charge on any atom is 0.151 e. The first-order valence-corrected chi connectivity index (χ1v) is 6.95. The van der Waals surface area contributed by atoms with Crippen molar-refractivity contribution >= 4 is 22.4 Å². The highest BCUT2D eigenvalue weighted by Gasteiger charge is 2.05. The van der Waals surface area contributed by atoms with Crippen LogP contribution in [0.15, 0.2) is 54.7 Å². The Hall–Kier alpha value is -2.62. The van der Waals surface area contributed by atoms with Crippen molar-refractivity contribution in [2.75, 3.05) is 24.3 Å². The maximum absolute atomic E-state index is 4.67. The summed E-state index contributed by atoms with van der Waals surface area (Å²) in [5, 5.41) is 4.57. The minimum absolute atomic E-state index is 0.678. The van der Waals surface area contributed by atoms with Crippen molar-refractivity contribution in [3.8, 4) is 0 Å². The molecule has 4 heteroatoms. The number of hydrogen-bond donors (Lipinski definition) is 1. The van der Waals surface area contributed by atoms with Gasteiger partial charge in [0, 0.05) is 25.7 Å². The molecule has 0 fully saturated rings. The third-order valence-corrected chi connectivity index (χ3v) is 3.33. The van der Waals surface area contributed by atoms with Crippen LogP contribution >= 0.6 is 0 Å². The van der Waals surface area contributed by atoms with E-state index in [4.69, 9.17) is 0 Å². The average Bonchev–Trinajstić information content (AvgIpc) is 2.53. The summed E-state index contributed by atoms with van der Waals surface area (Å²) >= 11 is 0. The second kappa shape index (κ2) is 5.79. The molecule has 106 valence electrons. The zero-order valence-electron chi connectivity index (χ0n) is 12.2. The van der Waals surface area contributed by atoms with Crippen molar-refractivity contribution in [2.24, 2.45) is 0 Å². The Balaban J connectivity index is 1.80. The van der Waals surface area contributed by atoms with Crippen LogP contribution in [0.1, 0.15) is 5.69 Å². The third-order valence-electron chi connectivity index (χ3n) is 3.33. The zero-order valence-corrected chi connectivity index (χ0v) is 12.2. The summed E-state index contributed by atoms with van der Waals surface area (Å²) in [6.45, 7) is 0.678. The summed E-state index contributed by atoms with van der Waals surface area (Å²) < 4.78 is 0. The summed E-state index contributed by atoms with van der Waals surface area (Å²) in [5.74, 6) is 0.929. The SMILES string of the molecule is CN(C)c1ncccc1NCc1ccc2ccccc2n1. The number of aromatic nitrogens is 2. The Kier molecular flexibility index (Phi) is 3.69. The van der Waals surface area contributed by atoms with Gasteiger partial charge in [0.1, 0.15) is 0 Å². The molecule has 0 aliphatic carbocycles. The predicted molar refractivity (Wildman–Crippen MR) is 87.6 cm³/mol. The third kappa shape index (κ3) is 2.94. The van der Waals surface area contributed by atoms with E-state index in [0.29, 0.717) is 6.54 Å². The van der Waals surface area contributed by atoms with E-state index >= 15 is 0 Å². The van der Waals surface area contributed by atoms with Gasteiger partial charge in [-0.1, -0.05) is 24.3 Å². The van der Waals surface area contributed by atoms with Crippen LogP contribution in [0.4, 0.5) is 11.5 Å². The van der Waals surface area contributed by atoms with E-state index in [2.05, 4.69) is 33.5 Å². The molecule has 0 saturated heterocycles. The van der Waals surface area contributed by atoms with Crippen LogP contribution in [-0.4, -0.2) is 24.1 Å². The number of nitrogens with one attached hydrogen (secondary N) is 1. The molecular weight excluding hydrogens is 260 g/mol. The monoisotopic (exact) mass is 278 g/mol. The Bertz CT molecular complexity index is 752. The van der Waals surface area contributed by atoms with Gasteiger partial charge in [-0.2, -0.15) is 0 Å². The normalized spacial score (nSPS) is 10.6. The highest BCUT2D eigenvalue weighted by Crippen LogP contribution is 2.21. The Morgan fingerprint density at radius 3 is 2.71 bits per heavy atom. The van der Waals surface area contributed by atoms with Gasteiger partial charge in [-0.15, -0.1) is 0 Å². The van der Waals surface area contributed by atoms with Crippen LogP contribution < -0.4 is 10.2 Å². The lowest BCUT2D eigenvalue weighted by molar-refractivity contribution is 1.03. The van der Waals surface area contributed by atoms with Gasteiger partial charge in [0.2, 0.25) is 0 Å². The number of hydrogen-bond acceptors (Lipinski definition) is 4. The fourth-order valence-electron chi connectivity index (χ4n) is 2.28. The fourth-order valence-corrected chi connectivity index (χ4v) is 2.28. The van der Waals surface area contributed by atoms with E-state index in [1.807, 2.05) is 49.3 Å². The van der Waals surface area contributed by atoms with Crippen LogP contribution in [0.3, 0.4) is 0 Å². The van der Waals surface area contributed by atoms with E-state index in [0.717, 1.165) is 28.1 Å². The summed E-state index contributed by atoms with van der Waals surface area (Å²) in [6.07, 6.45) is 1.80. The molecule has 21 heavy (non-hydrogen) atoms. The molecule has 2 heterocycles. The van der Waals surface area contributed by atoms with Crippen LogP contribution in [0.5, 0.6) is 0 Å².